The number of nitrogens with zero attached hydrogens (tertiary/aromatic N) is 2. The second-order valence-electron chi connectivity index (χ2n) is 4.62. The summed E-state index contributed by atoms with van der Waals surface area (Å²) in [5.74, 6) is 0.829. The molecule has 0 radical (unpaired) electrons. The topological polar surface area (TPSA) is 36.7 Å². The number of hydrogen-bond acceptors (Lipinski definition) is 2. The van der Waals surface area contributed by atoms with Crippen LogP contribution in [0.4, 0.5) is 4.79 Å². The molecule has 1 aromatic rings. The summed E-state index contributed by atoms with van der Waals surface area (Å²) in [5.41, 5.74) is 0. The molecule has 2 heterocycles. The Morgan fingerprint density at radius 3 is 2.65 bits per heavy atom. The van der Waals surface area contributed by atoms with Gasteiger partial charge in [-0.2, -0.15) is 0 Å². The van der Waals surface area contributed by atoms with Gasteiger partial charge in [0.1, 0.15) is 5.76 Å². The molecular formula is C13H20N2O2. The quantitative estimate of drug-likeness (QED) is 0.791. The minimum Gasteiger partial charge on any atom is -0.467 e. The van der Waals surface area contributed by atoms with Crippen molar-refractivity contribution in [2.24, 2.45) is 0 Å². The second-order valence-corrected chi connectivity index (χ2v) is 4.62. The Hall–Kier alpha value is -1.45. The van der Waals surface area contributed by atoms with Crippen LogP contribution in [0.15, 0.2) is 22.8 Å². The largest absolute Gasteiger partial charge is 0.467 e. The van der Waals surface area contributed by atoms with Crippen LogP contribution in [0.25, 0.3) is 0 Å². The summed E-state index contributed by atoms with van der Waals surface area (Å²) in [6.45, 7) is 2.32. The van der Waals surface area contributed by atoms with Crippen LogP contribution in [0.1, 0.15) is 31.4 Å². The highest BCUT2D eigenvalue weighted by atomic mass is 16.3. The van der Waals surface area contributed by atoms with Crippen LogP contribution in [-0.2, 0) is 6.54 Å². The molecule has 0 aliphatic carbocycles. The van der Waals surface area contributed by atoms with E-state index in [0.29, 0.717) is 6.54 Å². The second kappa shape index (κ2) is 5.75. The van der Waals surface area contributed by atoms with Crippen molar-refractivity contribution in [3.8, 4) is 0 Å². The molecule has 2 rings (SSSR count). The van der Waals surface area contributed by atoms with Crippen molar-refractivity contribution in [2.45, 2.75) is 32.2 Å². The molecule has 0 bridgehead atoms. The lowest BCUT2D eigenvalue weighted by atomic mass is 10.2. The van der Waals surface area contributed by atoms with E-state index in [-0.39, 0.29) is 6.03 Å². The third kappa shape index (κ3) is 3.25. The van der Waals surface area contributed by atoms with Crippen LogP contribution in [-0.4, -0.2) is 36.0 Å². The number of rotatable bonds is 2. The van der Waals surface area contributed by atoms with E-state index in [4.69, 9.17) is 4.42 Å². The van der Waals surface area contributed by atoms with Crippen molar-refractivity contribution in [1.82, 2.24) is 9.80 Å². The first kappa shape index (κ1) is 12.0. The third-order valence-electron chi connectivity index (χ3n) is 3.18. The molecule has 4 heteroatoms. The highest BCUT2D eigenvalue weighted by Gasteiger charge is 2.19. The van der Waals surface area contributed by atoms with Gasteiger partial charge in [0, 0.05) is 20.1 Å². The molecule has 1 saturated heterocycles. The first-order valence-electron chi connectivity index (χ1n) is 6.30. The fourth-order valence-electron chi connectivity index (χ4n) is 2.21. The Labute approximate surface area is 102 Å². The molecule has 1 aromatic heterocycles. The molecule has 1 fully saturated rings. The van der Waals surface area contributed by atoms with Gasteiger partial charge in [0.05, 0.1) is 12.8 Å². The van der Waals surface area contributed by atoms with Gasteiger partial charge in [-0.25, -0.2) is 4.79 Å². The average Bonchev–Trinajstić information content (AvgIpc) is 2.68. The van der Waals surface area contributed by atoms with Gasteiger partial charge in [-0.3, -0.25) is 0 Å². The van der Waals surface area contributed by atoms with Crippen molar-refractivity contribution >= 4 is 6.03 Å². The molecule has 4 nitrogen and oxygen atoms in total. The zero-order valence-electron chi connectivity index (χ0n) is 10.4. The molecule has 0 N–H and O–H groups in total. The summed E-state index contributed by atoms with van der Waals surface area (Å²) in [6, 6.07) is 3.86. The highest BCUT2D eigenvalue weighted by molar-refractivity contribution is 5.74. The zero-order chi connectivity index (χ0) is 12.1. The van der Waals surface area contributed by atoms with Gasteiger partial charge in [-0.15, -0.1) is 0 Å². The predicted molar refractivity (Wildman–Crippen MR) is 65.6 cm³/mol. The Morgan fingerprint density at radius 1 is 1.35 bits per heavy atom. The fourth-order valence-corrected chi connectivity index (χ4v) is 2.21. The minimum absolute atomic E-state index is 0.114. The van der Waals surface area contributed by atoms with E-state index in [9.17, 15) is 4.79 Å². The van der Waals surface area contributed by atoms with Crippen molar-refractivity contribution in [2.75, 3.05) is 20.1 Å². The van der Waals surface area contributed by atoms with Crippen LogP contribution in [0.5, 0.6) is 0 Å². The van der Waals surface area contributed by atoms with Crippen LogP contribution < -0.4 is 0 Å². The van der Waals surface area contributed by atoms with Gasteiger partial charge in [0.25, 0.3) is 0 Å². The van der Waals surface area contributed by atoms with E-state index in [2.05, 4.69) is 0 Å². The van der Waals surface area contributed by atoms with Gasteiger partial charge in [-0.1, -0.05) is 12.8 Å². The van der Waals surface area contributed by atoms with E-state index in [1.54, 1.807) is 11.2 Å². The maximum atomic E-state index is 12.2. The number of urea groups is 1. The molecule has 0 saturated carbocycles. The lowest BCUT2D eigenvalue weighted by Gasteiger charge is -2.26. The highest BCUT2D eigenvalue weighted by Crippen LogP contribution is 2.12. The molecule has 0 unspecified atom stereocenters. The van der Waals surface area contributed by atoms with Crippen molar-refractivity contribution < 1.29 is 9.21 Å². The predicted octanol–water partition coefficient (Wildman–Crippen LogP) is 2.71. The Kier molecular flexibility index (Phi) is 4.07. The number of amides is 2. The van der Waals surface area contributed by atoms with Crippen molar-refractivity contribution in [1.29, 1.82) is 0 Å². The lowest BCUT2D eigenvalue weighted by Crippen LogP contribution is -2.41. The Balaban J connectivity index is 1.89. The zero-order valence-corrected chi connectivity index (χ0v) is 10.4. The molecule has 0 aromatic carbocycles. The van der Waals surface area contributed by atoms with Gasteiger partial charge < -0.3 is 14.2 Å². The monoisotopic (exact) mass is 236 g/mol. The average molecular weight is 236 g/mol. The van der Waals surface area contributed by atoms with Crippen LogP contribution in [0, 0.1) is 0 Å². The van der Waals surface area contributed by atoms with E-state index in [1.165, 1.54) is 12.8 Å². The standard InChI is InChI=1S/C13H20N2O2/c1-14(11-12-7-6-10-17-12)13(16)15-8-4-2-3-5-9-15/h6-7,10H,2-5,8-9,11H2,1H3. The Morgan fingerprint density at radius 2 is 2.06 bits per heavy atom. The Bertz CT molecular complexity index is 340. The summed E-state index contributed by atoms with van der Waals surface area (Å²) in [7, 11) is 1.83. The molecular weight excluding hydrogens is 216 g/mol. The van der Waals surface area contributed by atoms with Gasteiger partial charge >= 0.3 is 6.03 Å². The minimum atomic E-state index is 0.114. The smallest absolute Gasteiger partial charge is 0.320 e. The third-order valence-corrected chi connectivity index (χ3v) is 3.18. The maximum absolute atomic E-state index is 12.2. The molecule has 0 spiro atoms. The van der Waals surface area contributed by atoms with Gasteiger partial charge in [0.15, 0.2) is 0 Å². The van der Waals surface area contributed by atoms with Crippen LogP contribution in [0.3, 0.4) is 0 Å². The number of carbonyl (C=O) groups is 1. The van der Waals surface area contributed by atoms with E-state index < -0.39 is 0 Å². The number of hydrogen-bond donors (Lipinski definition) is 0. The first-order chi connectivity index (χ1) is 8.27. The summed E-state index contributed by atoms with van der Waals surface area (Å²) in [5, 5.41) is 0. The lowest BCUT2D eigenvalue weighted by molar-refractivity contribution is 0.159. The number of likely N-dealkylation sites (tertiary alicyclic amines) is 1. The molecule has 1 aliphatic heterocycles. The number of carbonyl (C=O) groups excluding carboxylic acids is 1. The normalized spacial score (nSPS) is 16.6. The molecule has 2 amide bonds. The number of furan rings is 1. The maximum Gasteiger partial charge on any atom is 0.320 e. The van der Waals surface area contributed by atoms with E-state index in [1.807, 2.05) is 24.1 Å². The SMILES string of the molecule is CN(Cc1ccco1)C(=O)N1CCCCCC1. The van der Waals surface area contributed by atoms with Crippen LogP contribution in [0.2, 0.25) is 0 Å². The molecule has 94 valence electrons. The van der Waals surface area contributed by atoms with Gasteiger partial charge in [-0.05, 0) is 25.0 Å². The van der Waals surface area contributed by atoms with Gasteiger partial charge in [0.2, 0.25) is 0 Å². The summed E-state index contributed by atoms with van der Waals surface area (Å²) in [4.78, 5) is 15.9. The van der Waals surface area contributed by atoms with E-state index in [0.717, 1.165) is 31.7 Å². The molecule has 17 heavy (non-hydrogen) atoms. The first-order valence-corrected chi connectivity index (χ1v) is 6.30. The van der Waals surface area contributed by atoms with Crippen molar-refractivity contribution in [3.63, 3.8) is 0 Å². The van der Waals surface area contributed by atoms with Crippen molar-refractivity contribution in [3.05, 3.63) is 24.2 Å². The summed E-state index contributed by atoms with van der Waals surface area (Å²) < 4.78 is 5.25. The van der Waals surface area contributed by atoms with E-state index >= 15 is 0 Å². The molecule has 0 atom stereocenters. The fraction of sp³-hybridized carbons (Fsp3) is 0.615. The van der Waals surface area contributed by atoms with Crippen LogP contribution >= 0.6 is 0 Å². The molecule has 1 aliphatic rings. The summed E-state index contributed by atoms with van der Waals surface area (Å²) in [6.07, 6.45) is 6.37. The summed E-state index contributed by atoms with van der Waals surface area (Å²) >= 11 is 0.